The number of nitrogens with zero attached hydrogens (tertiary/aromatic N) is 1. The molecule has 1 aromatic carbocycles. The normalized spacial score (nSPS) is 12.7. The van der Waals surface area contributed by atoms with Crippen molar-refractivity contribution in [3.05, 3.63) is 34.3 Å². The van der Waals surface area contributed by atoms with Crippen LogP contribution in [0.4, 0.5) is 9.93 Å². The van der Waals surface area contributed by atoms with Gasteiger partial charge in [-0.3, -0.25) is 5.32 Å². The van der Waals surface area contributed by atoms with Crippen molar-refractivity contribution in [1.29, 1.82) is 0 Å². The summed E-state index contributed by atoms with van der Waals surface area (Å²) in [5.41, 5.74) is 1.54. The molecule has 154 valence electrons. The molecule has 7 nitrogen and oxygen atoms in total. The lowest BCUT2D eigenvalue weighted by Gasteiger charge is -2.05. The maximum atomic E-state index is 12.0. The molecule has 2 aromatic rings. The average Bonchev–Trinajstić information content (AvgIpc) is 3.48. The maximum absolute atomic E-state index is 12.0. The highest BCUT2D eigenvalue weighted by molar-refractivity contribution is 7.16. The third-order valence-corrected chi connectivity index (χ3v) is 5.26. The van der Waals surface area contributed by atoms with Crippen LogP contribution in [0.1, 0.15) is 29.0 Å². The second-order valence-corrected chi connectivity index (χ2v) is 7.68. The highest BCUT2D eigenvalue weighted by atomic mass is 32.1. The SMILES string of the molecule is COc1cc(C#Cc2sc(NC(=O)NCCOCC3CC3)nc2C)cc(OC)c1. The number of anilines is 1. The van der Waals surface area contributed by atoms with E-state index in [1.807, 2.05) is 19.1 Å². The zero-order chi connectivity index (χ0) is 20.6. The number of amides is 2. The van der Waals surface area contributed by atoms with Crippen LogP contribution in [0.5, 0.6) is 11.5 Å². The predicted octanol–water partition coefficient (Wildman–Crippen LogP) is 3.42. The number of urea groups is 1. The Kier molecular flexibility index (Phi) is 7.33. The van der Waals surface area contributed by atoms with Gasteiger partial charge in [0.25, 0.3) is 0 Å². The van der Waals surface area contributed by atoms with Crippen LogP contribution in [-0.4, -0.2) is 45.0 Å². The zero-order valence-corrected chi connectivity index (χ0v) is 17.6. The quantitative estimate of drug-likeness (QED) is 0.510. The molecule has 1 aliphatic carbocycles. The molecule has 0 bridgehead atoms. The van der Waals surface area contributed by atoms with Gasteiger partial charge in [0.05, 0.1) is 26.5 Å². The molecule has 1 heterocycles. The Morgan fingerprint density at radius 1 is 1.21 bits per heavy atom. The van der Waals surface area contributed by atoms with Gasteiger partial charge in [-0.25, -0.2) is 9.78 Å². The van der Waals surface area contributed by atoms with Crippen LogP contribution in [0.15, 0.2) is 18.2 Å². The van der Waals surface area contributed by atoms with Crippen LogP contribution in [-0.2, 0) is 4.74 Å². The summed E-state index contributed by atoms with van der Waals surface area (Å²) in [6, 6.07) is 5.17. The van der Waals surface area contributed by atoms with Crippen molar-refractivity contribution in [2.24, 2.45) is 5.92 Å². The Balaban J connectivity index is 1.55. The Morgan fingerprint density at radius 3 is 2.59 bits per heavy atom. The highest BCUT2D eigenvalue weighted by Gasteiger charge is 2.20. The summed E-state index contributed by atoms with van der Waals surface area (Å²) in [6.07, 6.45) is 2.52. The van der Waals surface area contributed by atoms with Crippen molar-refractivity contribution >= 4 is 22.5 Å². The molecule has 0 saturated heterocycles. The second kappa shape index (κ2) is 10.1. The number of benzene rings is 1. The molecule has 1 aliphatic rings. The number of nitrogens with one attached hydrogen (secondary N) is 2. The van der Waals surface area contributed by atoms with E-state index < -0.39 is 0 Å². The molecule has 29 heavy (non-hydrogen) atoms. The molecule has 3 rings (SSSR count). The van der Waals surface area contributed by atoms with E-state index in [-0.39, 0.29) is 6.03 Å². The number of hydrogen-bond donors (Lipinski definition) is 2. The molecule has 0 unspecified atom stereocenters. The van der Waals surface area contributed by atoms with Crippen molar-refractivity contribution in [1.82, 2.24) is 10.3 Å². The van der Waals surface area contributed by atoms with E-state index in [1.165, 1.54) is 24.2 Å². The van der Waals surface area contributed by atoms with Gasteiger partial charge in [0, 0.05) is 24.8 Å². The van der Waals surface area contributed by atoms with Gasteiger partial charge < -0.3 is 19.5 Å². The van der Waals surface area contributed by atoms with Crippen LogP contribution in [0, 0.1) is 24.7 Å². The fourth-order valence-electron chi connectivity index (χ4n) is 2.49. The number of methoxy groups -OCH3 is 2. The molecule has 2 N–H and O–H groups in total. The fourth-order valence-corrected chi connectivity index (χ4v) is 3.30. The monoisotopic (exact) mass is 415 g/mol. The molecule has 0 atom stereocenters. The largest absolute Gasteiger partial charge is 0.497 e. The van der Waals surface area contributed by atoms with E-state index in [0.717, 1.165) is 28.7 Å². The predicted molar refractivity (Wildman–Crippen MR) is 113 cm³/mol. The molecule has 0 spiro atoms. The lowest BCUT2D eigenvalue weighted by Crippen LogP contribution is -2.31. The number of ether oxygens (including phenoxy) is 3. The van der Waals surface area contributed by atoms with Gasteiger partial charge in [0.15, 0.2) is 5.13 Å². The van der Waals surface area contributed by atoms with E-state index >= 15 is 0 Å². The minimum Gasteiger partial charge on any atom is -0.497 e. The summed E-state index contributed by atoms with van der Waals surface area (Å²) in [5.74, 6) is 8.27. The topological polar surface area (TPSA) is 81.7 Å². The van der Waals surface area contributed by atoms with Crippen LogP contribution >= 0.6 is 11.3 Å². The summed E-state index contributed by atoms with van der Waals surface area (Å²) >= 11 is 1.33. The lowest BCUT2D eigenvalue weighted by molar-refractivity contribution is 0.127. The van der Waals surface area contributed by atoms with Crippen molar-refractivity contribution in [3.8, 4) is 23.3 Å². The minimum absolute atomic E-state index is 0.300. The Bertz CT molecular complexity index is 890. The molecule has 1 fully saturated rings. The zero-order valence-electron chi connectivity index (χ0n) is 16.8. The number of carbonyl (C=O) groups is 1. The third-order valence-electron chi connectivity index (χ3n) is 4.27. The number of aryl methyl sites for hydroxylation is 1. The molecule has 0 aliphatic heterocycles. The standard InChI is InChI=1S/C21H25N3O4S/c1-14-19(7-6-16-10-17(26-2)12-18(11-16)27-3)29-21(23-14)24-20(25)22-8-9-28-13-15-4-5-15/h10-12,15H,4-5,8-9,13H2,1-3H3,(H2,22,23,24,25). The van der Waals surface area contributed by atoms with E-state index in [1.54, 1.807) is 20.3 Å². The van der Waals surface area contributed by atoms with Crippen LogP contribution in [0.25, 0.3) is 0 Å². The summed E-state index contributed by atoms with van der Waals surface area (Å²) in [4.78, 5) is 17.1. The molecule has 8 heteroatoms. The van der Waals surface area contributed by atoms with Gasteiger partial charge in [0.2, 0.25) is 0 Å². The van der Waals surface area contributed by atoms with E-state index in [0.29, 0.717) is 29.8 Å². The number of thiazole rings is 1. The van der Waals surface area contributed by atoms with Gasteiger partial charge in [-0.2, -0.15) is 0 Å². The fraction of sp³-hybridized carbons (Fsp3) is 0.429. The van der Waals surface area contributed by atoms with Gasteiger partial charge in [-0.1, -0.05) is 17.3 Å². The lowest BCUT2D eigenvalue weighted by atomic mass is 10.2. The molecule has 1 aromatic heterocycles. The van der Waals surface area contributed by atoms with Gasteiger partial charge in [0.1, 0.15) is 16.4 Å². The molecule has 1 saturated carbocycles. The van der Waals surface area contributed by atoms with E-state index in [2.05, 4.69) is 27.5 Å². The van der Waals surface area contributed by atoms with Gasteiger partial charge in [-0.05, 0) is 43.7 Å². The first kappa shape index (κ1) is 21.0. The Morgan fingerprint density at radius 2 is 1.93 bits per heavy atom. The number of carbonyl (C=O) groups excluding carboxylic acids is 1. The van der Waals surface area contributed by atoms with Crippen molar-refractivity contribution < 1.29 is 19.0 Å². The Hall–Kier alpha value is -2.76. The molecule has 0 radical (unpaired) electrons. The summed E-state index contributed by atoms with van der Waals surface area (Å²) in [7, 11) is 3.20. The number of aromatic nitrogens is 1. The van der Waals surface area contributed by atoms with E-state index in [4.69, 9.17) is 14.2 Å². The Labute approximate surface area is 174 Å². The van der Waals surface area contributed by atoms with Crippen LogP contribution < -0.4 is 20.1 Å². The first-order valence-electron chi connectivity index (χ1n) is 9.42. The summed E-state index contributed by atoms with van der Waals surface area (Å²) in [6.45, 7) is 3.63. The van der Waals surface area contributed by atoms with Gasteiger partial charge in [-0.15, -0.1) is 0 Å². The van der Waals surface area contributed by atoms with Crippen molar-refractivity contribution in [2.75, 3.05) is 39.3 Å². The number of hydrogen-bond acceptors (Lipinski definition) is 6. The smallest absolute Gasteiger partial charge is 0.321 e. The first-order valence-corrected chi connectivity index (χ1v) is 10.2. The maximum Gasteiger partial charge on any atom is 0.321 e. The second-order valence-electron chi connectivity index (χ2n) is 6.68. The van der Waals surface area contributed by atoms with Crippen LogP contribution in [0.2, 0.25) is 0 Å². The average molecular weight is 416 g/mol. The third kappa shape index (κ3) is 6.66. The van der Waals surface area contributed by atoms with E-state index in [9.17, 15) is 4.79 Å². The first-order chi connectivity index (χ1) is 14.1. The van der Waals surface area contributed by atoms with Gasteiger partial charge >= 0.3 is 6.03 Å². The summed E-state index contributed by atoms with van der Waals surface area (Å²) in [5, 5.41) is 6.01. The van der Waals surface area contributed by atoms with Crippen molar-refractivity contribution in [3.63, 3.8) is 0 Å². The molecular weight excluding hydrogens is 390 g/mol. The minimum atomic E-state index is -0.300. The molecular formula is C21H25N3O4S. The summed E-state index contributed by atoms with van der Waals surface area (Å²) < 4.78 is 16.0. The van der Waals surface area contributed by atoms with Crippen LogP contribution in [0.3, 0.4) is 0 Å². The molecule has 2 amide bonds. The highest BCUT2D eigenvalue weighted by Crippen LogP contribution is 2.28. The van der Waals surface area contributed by atoms with Crippen molar-refractivity contribution in [2.45, 2.75) is 19.8 Å². The number of rotatable bonds is 8.